The molecule has 0 bridgehead atoms. The normalized spacial score (nSPS) is 10.6. The summed E-state index contributed by atoms with van der Waals surface area (Å²) in [5.74, 6) is -0.335. The summed E-state index contributed by atoms with van der Waals surface area (Å²) in [6.45, 7) is 0.411. The van der Waals surface area contributed by atoms with Gasteiger partial charge < -0.3 is 15.4 Å². The highest BCUT2D eigenvalue weighted by Crippen LogP contribution is 2.20. The molecule has 32 heavy (non-hydrogen) atoms. The topological polar surface area (TPSA) is 101 Å². The molecule has 0 radical (unpaired) electrons. The minimum absolute atomic E-state index is 0.0471. The van der Waals surface area contributed by atoms with Crippen LogP contribution in [0.3, 0.4) is 0 Å². The Morgan fingerprint density at radius 1 is 0.875 bits per heavy atom. The Bertz CT molecular complexity index is 1200. The lowest BCUT2D eigenvalue weighted by Crippen LogP contribution is -2.24. The maximum Gasteiger partial charge on any atom is 0.432 e. The second-order valence-electron chi connectivity index (χ2n) is 7.51. The molecule has 1 amide bonds. The summed E-state index contributed by atoms with van der Waals surface area (Å²) in [7, 11) is 0. The molecule has 0 unspecified atom stereocenters. The van der Waals surface area contributed by atoms with Crippen molar-refractivity contribution < 1.29 is 9.72 Å². The summed E-state index contributed by atoms with van der Waals surface area (Å²) in [6.07, 6.45) is 2.62. The van der Waals surface area contributed by atoms with E-state index in [1.54, 1.807) is 0 Å². The number of hydrogen-bond donors (Lipinski definition) is 2. The van der Waals surface area contributed by atoms with Gasteiger partial charge >= 0.3 is 5.95 Å². The molecule has 0 atom stereocenters. The number of amides is 1. The summed E-state index contributed by atoms with van der Waals surface area (Å²) >= 11 is 0. The van der Waals surface area contributed by atoms with Crippen molar-refractivity contribution in [2.75, 3.05) is 0 Å². The molecular weight excluding hydrogens is 404 g/mol. The lowest BCUT2D eigenvalue weighted by atomic mass is 10.0. The maximum absolute atomic E-state index is 12.3. The highest BCUT2D eigenvalue weighted by molar-refractivity contribution is 5.78. The zero-order valence-corrected chi connectivity index (χ0v) is 17.3. The first-order chi connectivity index (χ1) is 15.6. The van der Waals surface area contributed by atoms with Crippen molar-refractivity contribution in [1.29, 1.82) is 0 Å². The van der Waals surface area contributed by atoms with Gasteiger partial charge in [-0.1, -0.05) is 83.8 Å². The molecule has 2 N–H and O–H groups in total. The molecule has 3 aromatic carbocycles. The zero-order valence-electron chi connectivity index (χ0n) is 17.3. The van der Waals surface area contributed by atoms with E-state index < -0.39 is 4.92 Å². The van der Waals surface area contributed by atoms with E-state index in [0.29, 0.717) is 18.7 Å². The Kier molecular flexibility index (Phi) is 6.36. The lowest BCUT2D eigenvalue weighted by Gasteiger charge is -2.07. The van der Waals surface area contributed by atoms with Gasteiger partial charge in [-0.3, -0.25) is 4.79 Å². The summed E-state index contributed by atoms with van der Waals surface area (Å²) in [5.41, 5.74) is 5.74. The van der Waals surface area contributed by atoms with Crippen LogP contribution in [0.15, 0.2) is 85.1 Å². The van der Waals surface area contributed by atoms with Crippen LogP contribution in [-0.4, -0.2) is 20.8 Å². The first-order valence-electron chi connectivity index (χ1n) is 10.2. The maximum atomic E-state index is 12.3. The number of carbonyl (C=O) groups excluding carboxylic acids is 1. The van der Waals surface area contributed by atoms with Crippen LogP contribution >= 0.6 is 0 Å². The molecule has 0 aliphatic heterocycles. The lowest BCUT2D eigenvalue weighted by molar-refractivity contribution is -0.393. The minimum atomic E-state index is -0.565. The fourth-order valence-electron chi connectivity index (χ4n) is 3.41. The highest BCUT2D eigenvalue weighted by Gasteiger charge is 2.12. The Hall–Kier alpha value is -4.26. The molecule has 1 heterocycles. The van der Waals surface area contributed by atoms with Crippen LogP contribution in [0.4, 0.5) is 5.95 Å². The summed E-state index contributed by atoms with van der Waals surface area (Å²) in [4.78, 5) is 28.9. The van der Waals surface area contributed by atoms with Crippen molar-refractivity contribution in [1.82, 2.24) is 15.3 Å². The van der Waals surface area contributed by atoms with Gasteiger partial charge in [-0.05, 0) is 33.6 Å². The molecule has 7 nitrogen and oxygen atoms in total. The third-order valence-corrected chi connectivity index (χ3v) is 5.13. The van der Waals surface area contributed by atoms with Crippen LogP contribution in [0.25, 0.3) is 11.3 Å². The van der Waals surface area contributed by atoms with Gasteiger partial charge in [0.05, 0.1) is 6.42 Å². The van der Waals surface area contributed by atoms with E-state index in [-0.39, 0.29) is 11.9 Å². The van der Waals surface area contributed by atoms with Gasteiger partial charge in [0.2, 0.25) is 5.91 Å². The van der Waals surface area contributed by atoms with E-state index in [2.05, 4.69) is 39.6 Å². The first kappa shape index (κ1) is 21.0. The molecular formula is C25H22N4O3. The Morgan fingerprint density at radius 2 is 1.50 bits per heavy atom. The predicted octanol–water partition coefficient (Wildman–Crippen LogP) is 4.43. The van der Waals surface area contributed by atoms with Crippen LogP contribution in [0.1, 0.15) is 22.3 Å². The second-order valence-corrected chi connectivity index (χ2v) is 7.51. The van der Waals surface area contributed by atoms with E-state index in [0.717, 1.165) is 23.1 Å². The first-order valence-corrected chi connectivity index (χ1v) is 10.2. The third kappa shape index (κ3) is 5.46. The van der Waals surface area contributed by atoms with Crippen molar-refractivity contribution in [2.45, 2.75) is 19.4 Å². The molecule has 0 saturated carbocycles. The SMILES string of the molecule is O=C(Cc1ccc(Cc2ccccc2)cc1)NCc1ccc(-c2cnc([N+](=O)[O-])[nH]2)cc1. The minimum Gasteiger partial charge on any atom is -0.390 e. The van der Waals surface area contributed by atoms with Crippen LogP contribution < -0.4 is 5.32 Å². The molecule has 7 heteroatoms. The number of hydrogen-bond acceptors (Lipinski definition) is 4. The van der Waals surface area contributed by atoms with Gasteiger partial charge in [-0.2, -0.15) is 0 Å². The number of benzene rings is 3. The van der Waals surface area contributed by atoms with Crippen LogP contribution in [-0.2, 0) is 24.2 Å². The molecule has 160 valence electrons. The second kappa shape index (κ2) is 9.70. The quantitative estimate of drug-likeness (QED) is 0.321. The van der Waals surface area contributed by atoms with Crippen molar-refractivity contribution in [3.8, 4) is 11.3 Å². The number of aromatic nitrogens is 2. The number of nitro groups is 1. The van der Waals surface area contributed by atoms with E-state index in [9.17, 15) is 14.9 Å². The Labute approximate surface area is 185 Å². The fourth-order valence-corrected chi connectivity index (χ4v) is 3.41. The molecule has 0 saturated heterocycles. The van der Waals surface area contributed by atoms with Gasteiger partial charge in [0.1, 0.15) is 11.9 Å². The number of carbonyl (C=O) groups is 1. The highest BCUT2D eigenvalue weighted by atomic mass is 16.6. The summed E-state index contributed by atoms with van der Waals surface area (Å²) in [5, 5.41) is 13.7. The van der Waals surface area contributed by atoms with Gasteiger partial charge in [0.25, 0.3) is 0 Å². The molecule has 1 aromatic heterocycles. The molecule has 0 aliphatic carbocycles. The number of aromatic amines is 1. The molecule has 0 aliphatic rings. The Balaban J connectivity index is 1.27. The molecule has 0 spiro atoms. The molecule has 0 fully saturated rings. The number of nitrogens with zero attached hydrogens (tertiary/aromatic N) is 2. The summed E-state index contributed by atoms with van der Waals surface area (Å²) < 4.78 is 0. The van der Waals surface area contributed by atoms with Crippen molar-refractivity contribution >= 4 is 11.9 Å². The van der Waals surface area contributed by atoms with Gasteiger partial charge in [0, 0.05) is 12.1 Å². The predicted molar refractivity (Wildman–Crippen MR) is 122 cm³/mol. The number of H-pyrrole nitrogens is 1. The van der Waals surface area contributed by atoms with E-state index in [4.69, 9.17) is 0 Å². The van der Waals surface area contributed by atoms with Crippen molar-refractivity contribution in [3.63, 3.8) is 0 Å². The third-order valence-electron chi connectivity index (χ3n) is 5.13. The largest absolute Gasteiger partial charge is 0.432 e. The van der Waals surface area contributed by atoms with E-state index >= 15 is 0 Å². The molecule has 4 aromatic rings. The van der Waals surface area contributed by atoms with E-state index in [1.165, 1.54) is 17.3 Å². The van der Waals surface area contributed by atoms with E-state index in [1.807, 2.05) is 54.6 Å². The van der Waals surface area contributed by atoms with Crippen LogP contribution in [0, 0.1) is 10.1 Å². The van der Waals surface area contributed by atoms with Crippen molar-refractivity contribution in [2.24, 2.45) is 0 Å². The fraction of sp³-hybridized carbons (Fsp3) is 0.120. The van der Waals surface area contributed by atoms with Crippen LogP contribution in [0.5, 0.6) is 0 Å². The average Bonchev–Trinajstić information content (AvgIpc) is 3.31. The smallest absolute Gasteiger partial charge is 0.390 e. The monoisotopic (exact) mass is 426 g/mol. The number of imidazole rings is 1. The Morgan fingerprint density at radius 3 is 2.16 bits per heavy atom. The van der Waals surface area contributed by atoms with Crippen LogP contribution in [0.2, 0.25) is 0 Å². The zero-order chi connectivity index (χ0) is 22.3. The van der Waals surface area contributed by atoms with Gasteiger partial charge in [0.15, 0.2) is 0 Å². The average molecular weight is 426 g/mol. The summed E-state index contributed by atoms with van der Waals surface area (Å²) in [6, 6.07) is 25.8. The standard InChI is InChI=1S/C25H22N4O3/c30-24(15-20-8-6-19(7-9-20)14-18-4-2-1-3-5-18)26-16-21-10-12-22(13-11-21)23-17-27-25(28-23)29(31)32/h1-13,17H,14-16H2,(H,26,30)(H,27,28). The molecule has 4 rings (SSSR count). The van der Waals surface area contributed by atoms with Crippen molar-refractivity contribution in [3.05, 3.63) is 117 Å². The van der Waals surface area contributed by atoms with Gasteiger partial charge in [-0.25, -0.2) is 4.98 Å². The number of nitrogens with one attached hydrogen (secondary N) is 2. The van der Waals surface area contributed by atoms with Gasteiger partial charge in [-0.15, -0.1) is 0 Å². The number of rotatable bonds is 8.